The highest BCUT2D eigenvalue weighted by Crippen LogP contribution is 2.41. The second kappa shape index (κ2) is 6.11. The molecule has 10 heteroatoms. The predicted octanol–water partition coefficient (Wildman–Crippen LogP) is 2.46. The molecule has 5 rings (SSSR count). The maximum atomic E-state index is 13.9. The zero-order valence-electron chi connectivity index (χ0n) is 14.1. The van der Waals surface area contributed by atoms with E-state index in [1.807, 2.05) is 4.57 Å². The number of nitrogens with one attached hydrogen (secondary N) is 1. The van der Waals surface area contributed by atoms with Crippen molar-refractivity contribution >= 4 is 15.9 Å². The number of benzene rings is 1. The van der Waals surface area contributed by atoms with E-state index in [1.165, 1.54) is 6.07 Å². The van der Waals surface area contributed by atoms with Crippen LogP contribution >= 0.6 is 15.9 Å². The van der Waals surface area contributed by atoms with Gasteiger partial charge in [0.1, 0.15) is 47.4 Å². The number of imidazole rings is 1. The van der Waals surface area contributed by atoms with Gasteiger partial charge in [0.15, 0.2) is 5.82 Å². The number of aliphatic hydroxyl groups is 1. The van der Waals surface area contributed by atoms with Crippen molar-refractivity contribution in [2.45, 2.75) is 31.5 Å². The SMILES string of the molecule is NC(O)c1nc2n(c1-c1n[nH]c(C3CC3)n1)CCOc1cc(F)c(Br)cc1-2. The third-order valence-corrected chi connectivity index (χ3v) is 5.40. The molecule has 0 radical (unpaired) electrons. The molecule has 1 aliphatic carbocycles. The van der Waals surface area contributed by atoms with E-state index in [0.717, 1.165) is 18.7 Å². The van der Waals surface area contributed by atoms with Crippen LogP contribution in [-0.2, 0) is 6.54 Å². The number of nitrogens with zero attached hydrogens (tertiary/aromatic N) is 4. The van der Waals surface area contributed by atoms with Gasteiger partial charge in [-0.25, -0.2) is 14.4 Å². The summed E-state index contributed by atoms with van der Waals surface area (Å²) in [6.07, 6.45) is 0.883. The second-order valence-electron chi connectivity index (χ2n) is 6.70. The van der Waals surface area contributed by atoms with E-state index >= 15 is 0 Å². The summed E-state index contributed by atoms with van der Waals surface area (Å²) in [6.45, 7) is 0.746. The summed E-state index contributed by atoms with van der Waals surface area (Å²) in [5.41, 5.74) is 7.19. The Balaban J connectivity index is 1.72. The fraction of sp³-hybridized carbons (Fsp3) is 0.353. The minimum Gasteiger partial charge on any atom is -0.491 e. The number of aliphatic hydroxyl groups excluding tert-OH is 1. The Morgan fingerprint density at radius 2 is 2.19 bits per heavy atom. The average molecular weight is 435 g/mol. The van der Waals surface area contributed by atoms with E-state index in [4.69, 9.17) is 10.5 Å². The van der Waals surface area contributed by atoms with E-state index in [1.54, 1.807) is 6.07 Å². The van der Waals surface area contributed by atoms with Gasteiger partial charge in [0.05, 0.1) is 16.6 Å². The highest BCUT2D eigenvalue weighted by atomic mass is 79.9. The summed E-state index contributed by atoms with van der Waals surface area (Å²) in [6, 6.07) is 2.93. The van der Waals surface area contributed by atoms with Gasteiger partial charge in [-0.05, 0) is 34.8 Å². The Bertz CT molecular complexity index is 1040. The first kappa shape index (κ1) is 16.8. The number of fused-ring (bicyclic) bond motifs is 3. The van der Waals surface area contributed by atoms with E-state index in [9.17, 15) is 9.50 Å². The number of rotatable bonds is 3. The largest absolute Gasteiger partial charge is 0.491 e. The molecule has 4 N–H and O–H groups in total. The van der Waals surface area contributed by atoms with Crippen LogP contribution in [0.5, 0.6) is 5.75 Å². The van der Waals surface area contributed by atoms with Crippen LogP contribution in [0.15, 0.2) is 16.6 Å². The molecule has 8 nitrogen and oxygen atoms in total. The molecule has 0 spiro atoms. The van der Waals surface area contributed by atoms with Crippen molar-refractivity contribution in [3.05, 3.63) is 33.9 Å². The zero-order valence-corrected chi connectivity index (χ0v) is 15.7. The first-order valence-corrected chi connectivity index (χ1v) is 9.41. The first-order valence-electron chi connectivity index (χ1n) is 8.62. The second-order valence-corrected chi connectivity index (χ2v) is 7.55. The molecule has 1 aliphatic heterocycles. The van der Waals surface area contributed by atoms with Crippen molar-refractivity contribution < 1.29 is 14.2 Å². The number of aromatic nitrogens is 5. The molecule has 1 fully saturated rings. The van der Waals surface area contributed by atoms with Crippen molar-refractivity contribution in [3.63, 3.8) is 0 Å². The Morgan fingerprint density at radius 3 is 2.93 bits per heavy atom. The minimum absolute atomic E-state index is 0.277. The summed E-state index contributed by atoms with van der Waals surface area (Å²) >= 11 is 3.21. The summed E-state index contributed by atoms with van der Waals surface area (Å²) in [5.74, 6) is 2.16. The standard InChI is InChI=1S/C17H16BrFN6O2/c18-9-5-8-11(6-10(9)19)27-4-3-25-13(12(14(20)26)21-17(8)25)16-22-15(23-24-16)7-1-2-7/h5-7,14,26H,1-4,20H2,(H,22,23,24). The average Bonchev–Trinajstić information content (AvgIpc) is 3.28. The highest BCUT2D eigenvalue weighted by Gasteiger charge is 2.31. The molecule has 0 saturated heterocycles. The maximum absolute atomic E-state index is 13.9. The Kier molecular flexibility index (Phi) is 3.81. The smallest absolute Gasteiger partial charge is 0.199 e. The van der Waals surface area contributed by atoms with Crippen molar-refractivity contribution in [2.75, 3.05) is 6.61 Å². The molecule has 1 atom stereocenters. The predicted molar refractivity (Wildman–Crippen MR) is 97.3 cm³/mol. The molecule has 0 amide bonds. The van der Waals surface area contributed by atoms with Gasteiger partial charge in [-0.1, -0.05) is 0 Å². The van der Waals surface area contributed by atoms with Crippen molar-refractivity contribution in [3.8, 4) is 28.7 Å². The number of hydrogen-bond acceptors (Lipinski definition) is 6. The van der Waals surface area contributed by atoms with E-state index in [0.29, 0.717) is 52.2 Å². The van der Waals surface area contributed by atoms with Gasteiger partial charge in [-0.15, -0.1) is 0 Å². The number of hydrogen-bond donors (Lipinski definition) is 3. The van der Waals surface area contributed by atoms with Gasteiger partial charge in [-0.3, -0.25) is 5.10 Å². The summed E-state index contributed by atoms with van der Waals surface area (Å²) in [4.78, 5) is 9.12. The number of aromatic amines is 1. The molecule has 140 valence electrons. The van der Waals surface area contributed by atoms with E-state index in [2.05, 4.69) is 36.1 Å². The Hall–Kier alpha value is -2.30. The third kappa shape index (κ3) is 2.75. The van der Waals surface area contributed by atoms with Crippen molar-refractivity contribution in [1.82, 2.24) is 24.7 Å². The zero-order chi connectivity index (χ0) is 18.7. The molecule has 3 aromatic rings. The Morgan fingerprint density at radius 1 is 1.37 bits per heavy atom. The van der Waals surface area contributed by atoms with Crippen LogP contribution in [0.2, 0.25) is 0 Å². The highest BCUT2D eigenvalue weighted by molar-refractivity contribution is 9.10. The van der Waals surface area contributed by atoms with Gasteiger partial charge in [0.2, 0.25) is 0 Å². The van der Waals surface area contributed by atoms with Gasteiger partial charge in [0.25, 0.3) is 0 Å². The number of nitrogens with two attached hydrogens (primary N) is 1. The Labute approximate surface area is 161 Å². The van der Waals surface area contributed by atoms with Crippen LogP contribution < -0.4 is 10.5 Å². The molecular formula is C17H16BrFN6O2. The molecule has 1 saturated carbocycles. The lowest BCUT2D eigenvalue weighted by Gasteiger charge is -2.08. The molecule has 3 heterocycles. The molecule has 0 bridgehead atoms. The molecule has 2 aromatic heterocycles. The molecule has 27 heavy (non-hydrogen) atoms. The lowest BCUT2D eigenvalue weighted by Crippen LogP contribution is -2.13. The summed E-state index contributed by atoms with van der Waals surface area (Å²) in [7, 11) is 0. The van der Waals surface area contributed by atoms with Crippen LogP contribution in [0, 0.1) is 5.82 Å². The van der Waals surface area contributed by atoms with Gasteiger partial charge in [0, 0.05) is 12.0 Å². The van der Waals surface area contributed by atoms with Crippen LogP contribution in [0.3, 0.4) is 0 Å². The lowest BCUT2D eigenvalue weighted by atomic mass is 10.2. The molecular weight excluding hydrogens is 419 g/mol. The maximum Gasteiger partial charge on any atom is 0.199 e. The van der Waals surface area contributed by atoms with Gasteiger partial charge in [-0.2, -0.15) is 5.10 Å². The fourth-order valence-corrected chi connectivity index (χ4v) is 3.67. The third-order valence-electron chi connectivity index (χ3n) is 4.79. The summed E-state index contributed by atoms with van der Waals surface area (Å²) in [5, 5.41) is 17.4. The molecule has 1 aromatic carbocycles. The van der Waals surface area contributed by atoms with Crippen LogP contribution in [0.4, 0.5) is 4.39 Å². The van der Waals surface area contributed by atoms with Gasteiger partial charge >= 0.3 is 0 Å². The first-order chi connectivity index (χ1) is 13.0. The number of halogens is 2. The minimum atomic E-state index is -1.30. The van der Waals surface area contributed by atoms with Crippen molar-refractivity contribution in [2.24, 2.45) is 5.73 Å². The topological polar surface area (TPSA) is 115 Å². The summed E-state index contributed by atoms with van der Waals surface area (Å²) < 4.78 is 21.8. The monoisotopic (exact) mass is 434 g/mol. The van der Waals surface area contributed by atoms with Gasteiger partial charge < -0.3 is 20.1 Å². The van der Waals surface area contributed by atoms with Crippen molar-refractivity contribution in [1.29, 1.82) is 0 Å². The van der Waals surface area contributed by atoms with Crippen LogP contribution in [-0.4, -0.2) is 36.4 Å². The van der Waals surface area contributed by atoms with Crippen LogP contribution in [0.25, 0.3) is 22.9 Å². The van der Waals surface area contributed by atoms with E-state index < -0.39 is 12.0 Å². The number of ether oxygens (including phenoxy) is 1. The number of H-pyrrole nitrogens is 1. The molecule has 2 aliphatic rings. The normalized spacial score (nSPS) is 17.0. The quantitative estimate of drug-likeness (QED) is 0.545. The van der Waals surface area contributed by atoms with E-state index in [-0.39, 0.29) is 5.69 Å². The lowest BCUT2D eigenvalue weighted by molar-refractivity contribution is 0.182. The molecule has 1 unspecified atom stereocenters. The van der Waals surface area contributed by atoms with Crippen LogP contribution in [0.1, 0.15) is 36.5 Å². The fourth-order valence-electron chi connectivity index (χ4n) is 3.33.